The monoisotopic (exact) mass is 292 g/mol. The van der Waals surface area contributed by atoms with E-state index in [1.165, 1.54) is 6.07 Å². The van der Waals surface area contributed by atoms with Gasteiger partial charge in [-0.2, -0.15) is 0 Å². The fourth-order valence-corrected chi connectivity index (χ4v) is 2.10. The molecule has 0 aliphatic rings. The highest BCUT2D eigenvalue weighted by molar-refractivity contribution is 6.33. The number of ether oxygens (including phenoxy) is 2. The van der Waals surface area contributed by atoms with Crippen LogP contribution in [0, 0.1) is 0 Å². The zero-order valence-corrected chi connectivity index (χ0v) is 11.8. The second-order valence-corrected chi connectivity index (χ2v) is 4.51. The topological polar surface area (TPSA) is 55.8 Å². The average Bonchev–Trinajstić information content (AvgIpc) is 2.46. The molecule has 104 valence electrons. The van der Waals surface area contributed by atoms with E-state index in [0.29, 0.717) is 11.5 Å². The predicted molar refractivity (Wildman–Crippen MR) is 77.0 cm³/mol. The predicted octanol–water partition coefficient (Wildman–Crippen LogP) is 3.72. The molecule has 0 aliphatic carbocycles. The van der Waals surface area contributed by atoms with Crippen molar-refractivity contribution in [1.29, 1.82) is 0 Å². The van der Waals surface area contributed by atoms with Crippen LogP contribution in [-0.2, 0) is 0 Å². The van der Waals surface area contributed by atoms with E-state index in [0.717, 1.165) is 11.1 Å². The van der Waals surface area contributed by atoms with Crippen molar-refractivity contribution >= 4 is 17.6 Å². The van der Waals surface area contributed by atoms with Crippen molar-refractivity contribution in [3.8, 4) is 22.6 Å². The van der Waals surface area contributed by atoms with Crippen LogP contribution in [0.4, 0.5) is 0 Å². The molecule has 0 saturated carbocycles. The highest BCUT2D eigenvalue weighted by Gasteiger charge is 2.11. The quantitative estimate of drug-likeness (QED) is 0.933. The Morgan fingerprint density at radius 1 is 1.00 bits per heavy atom. The lowest BCUT2D eigenvalue weighted by Crippen LogP contribution is -1.97. The van der Waals surface area contributed by atoms with Gasteiger partial charge < -0.3 is 14.6 Å². The van der Waals surface area contributed by atoms with E-state index in [1.807, 2.05) is 12.1 Å². The number of carboxylic acids is 1. The third kappa shape index (κ3) is 2.86. The summed E-state index contributed by atoms with van der Waals surface area (Å²) in [7, 11) is 3.14. The summed E-state index contributed by atoms with van der Waals surface area (Å²) in [4.78, 5) is 10.9. The first-order valence-electron chi connectivity index (χ1n) is 5.81. The summed E-state index contributed by atoms with van der Waals surface area (Å²) in [6.07, 6.45) is 0. The van der Waals surface area contributed by atoms with Crippen molar-refractivity contribution in [2.45, 2.75) is 0 Å². The lowest BCUT2D eigenvalue weighted by molar-refractivity contribution is 0.0697. The maximum Gasteiger partial charge on any atom is 0.337 e. The van der Waals surface area contributed by atoms with E-state index in [2.05, 4.69) is 0 Å². The number of aromatic carboxylic acids is 1. The van der Waals surface area contributed by atoms with Gasteiger partial charge >= 0.3 is 5.97 Å². The van der Waals surface area contributed by atoms with Crippen molar-refractivity contribution in [1.82, 2.24) is 0 Å². The van der Waals surface area contributed by atoms with Crippen LogP contribution in [0.5, 0.6) is 11.5 Å². The van der Waals surface area contributed by atoms with Crippen LogP contribution >= 0.6 is 11.6 Å². The SMILES string of the molecule is COc1cc(OC)cc(-c2ccc(C(=O)O)c(Cl)c2)c1. The van der Waals surface area contributed by atoms with Crippen LogP contribution in [0.2, 0.25) is 5.02 Å². The molecule has 2 aromatic carbocycles. The van der Waals surface area contributed by atoms with Crippen LogP contribution < -0.4 is 9.47 Å². The maximum absolute atomic E-state index is 10.9. The zero-order valence-electron chi connectivity index (χ0n) is 11.0. The summed E-state index contributed by atoms with van der Waals surface area (Å²) in [6.45, 7) is 0. The van der Waals surface area contributed by atoms with Gasteiger partial charge in [0.2, 0.25) is 0 Å². The van der Waals surface area contributed by atoms with E-state index < -0.39 is 5.97 Å². The molecule has 0 radical (unpaired) electrons. The Kier molecular flexibility index (Phi) is 4.15. The number of rotatable bonds is 4. The molecule has 0 atom stereocenters. The normalized spacial score (nSPS) is 10.2. The molecule has 4 nitrogen and oxygen atoms in total. The van der Waals surface area contributed by atoms with E-state index in [4.69, 9.17) is 26.2 Å². The largest absolute Gasteiger partial charge is 0.497 e. The van der Waals surface area contributed by atoms with E-state index in [9.17, 15) is 4.79 Å². The Hall–Kier alpha value is -2.20. The summed E-state index contributed by atoms with van der Waals surface area (Å²) in [5, 5.41) is 9.16. The van der Waals surface area contributed by atoms with Gasteiger partial charge in [0, 0.05) is 6.07 Å². The molecule has 0 aromatic heterocycles. The summed E-state index contributed by atoms with van der Waals surface area (Å²) >= 11 is 5.98. The highest BCUT2D eigenvalue weighted by atomic mass is 35.5. The Labute approximate surface area is 121 Å². The molecule has 0 spiro atoms. The first kappa shape index (κ1) is 14.2. The molecule has 20 heavy (non-hydrogen) atoms. The maximum atomic E-state index is 10.9. The van der Waals surface area contributed by atoms with Crippen LogP contribution in [0.3, 0.4) is 0 Å². The number of carbonyl (C=O) groups is 1. The number of carboxylic acid groups (broad SMARTS) is 1. The molecule has 2 rings (SSSR count). The number of halogens is 1. The van der Waals surface area contributed by atoms with Gasteiger partial charge in [-0.15, -0.1) is 0 Å². The Balaban J connectivity index is 2.51. The van der Waals surface area contributed by atoms with Gasteiger partial charge in [-0.05, 0) is 35.4 Å². The molecule has 0 bridgehead atoms. The van der Waals surface area contributed by atoms with Crippen LogP contribution in [-0.4, -0.2) is 25.3 Å². The standard InChI is InChI=1S/C15H13ClO4/c1-19-11-5-10(6-12(8-11)20-2)9-3-4-13(15(17)18)14(16)7-9/h3-8H,1-2H3,(H,17,18). The molecular weight excluding hydrogens is 280 g/mol. The average molecular weight is 293 g/mol. The second kappa shape index (κ2) is 5.84. The molecule has 0 unspecified atom stereocenters. The first-order chi connectivity index (χ1) is 9.55. The van der Waals surface area contributed by atoms with Crippen molar-refractivity contribution < 1.29 is 19.4 Å². The molecule has 2 aromatic rings. The minimum atomic E-state index is -1.05. The van der Waals surface area contributed by atoms with Crippen molar-refractivity contribution in [2.24, 2.45) is 0 Å². The van der Waals surface area contributed by atoms with E-state index in [-0.39, 0.29) is 10.6 Å². The summed E-state index contributed by atoms with van der Waals surface area (Å²) in [5.41, 5.74) is 1.70. The van der Waals surface area contributed by atoms with Gasteiger partial charge in [0.1, 0.15) is 11.5 Å². The third-order valence-electron chi connectivity index (χ3n) is 2.88. The smallest absolute Gasteiger partial charge is 0.337 e. The fourth-order valence-electron chi connectivity index (χ4n) is 1.84. The van der Waals surface area contributed by atoms with Gasteiger partial charge in [0.05, 0.1) is 24.8 Å². The number of hydrogen-bond donors (Lipinski definition) is 1. The molecule has 0 saturated heterocycles. The number of hydrogen-bond acceptors (Lipinski definition) is 3. The van der Waals surface area contributed by atoms with Crippen molar-refractivity contribution in [3.05, 3.63) is 47.0 Å². The molecule has 0 fully saturated rings. The fraction of sp³-hybridized carbons (Fsp3) is 0.133. The van der Waals surface area contributed by atoms with Gasteiger partial charge in [0.15, 0.2) is 0 Å². The third-order valence-corrected chi connectivity index (χ3v) is 3.20. The van der Waals surface area contributed by atoms with E-state index >= 15 is 0 Å². The molecule has 0 aliphatic heterocycles. The Morgan fingerprint density at radius 2 is 1.60 bits per heavy atom. The second-order valence-electron chi connectivity index (χ2n) is 4.10. The molecule has 5 heteroatoms. The summed E-state index contributed by atoms with van der Waals surface area (Å²) in [5.74, 6) is 0.250. The highest BCUT2D eigenvalue weighted by Crippen LogP contribution is 2.31. The van der Waals surface area contributed by atoms with Gasteiger partial charge in [-0.1, -0.05) is 17.7 Å². The Morgan fingerprint density at radius 3 is 2.05 bits per heavy atom. The van der Waals surface area contributed by atoms with Gasteiger partial charge in [0.25, 0.3) is 0 Å². The zero-order chi connectivity index (χ0) is 14.7. The van der Waals surface area contributed by atoms with E-state index in [1.54, 1.807) is 32.4 Å². The lowest BCUT2D eigenvalue weighted by atomic mass is 10.0. The minimum Gasteiger partial charge on any atom is -0.497 e. The Bertz CT molecular complexity index is 630. The number of methoxy groups -OCH3 is 2. The molecule has 0 heterocycles. The molecule has 1 N–H and O–H groups in total. The number of benzene rings is 2. The first-order valence-corrected chi connectivity index (χ1v) is 6.19. The summed E-state index contributed by atoms with van der Waals surface area (Å²) < 4.78 is 10.4. The van der Waals surface area contributed by atoms with Gasteiger partial charge in [-0.3, -0.25) is 0 Å². The summed E-state index contributed by atoms with van der Waals surface area (Å²) in [6, 6.07) is 10.2. The molecule has 0 amide bonds. The van der Waals surface area contributed by atoms with Crippen LogP contribution in [0.15, 0.2) is 36.4 Å². The van der Waals surface area contributed by atoms with Crippen LogP contribution in [0.25, 0.3) is 11.1 Å². The van der Waals surface area contributed by atoms with Crippen LogP contribution in [0.1, 0.15) is 10.4 Å². The van der Waals surface area contributed by atoms with Gasteiger partial charge in [-0.25, -0.2) is 4.79 Å². The van der Waals surface area contributed by atoms with Crippen molar-refractivity contribution in [2.75, 3.05) is 14.2 Å². The molecular formula is C15H13ClO4. The lowest BCUT2D eigenvalue weighted by Gasteiger charge is -2.09. The van der Waals surface area contributed by atoms with Crippen molar-refractivity contribution in [3.63, 3.8) is 0 Å². The minimum absolute atomic E-state index is 0.0743.